The number of nitrogens with zero attached hydrogens (tertiary/aromatic N) is 1. The molecule has 1 aromatic heterocycles. The third-order valence-corrected chi connectivity index (χ3v) is 4.67. The molecule has 7 heteroatoms. The van der Waals surface area contributed by atoms with Crippen LogP contribution in [0.2, 0.25) is 0 Å². The van der Waals surface area contributed by atoms with Crippen molar-refractivity contribution >= 4 is 22.6 Å². The maximum Gasteiger partial charge on any atom is 0.226 e. The van der Waals surface area contributed by atoms with E-state index in [-0.39, 0.29) is 6.04 Å². The summed E-state index contributed by atoms with van der Waals surface area (Å²) < 4.78 is 14.8. The van der Waals surface area contributed by atoms with Gasteiger partial charge in [-0.05, 0) is 67.6 Å². The lowest BCUT2D eigenvalue weighted by Gasteiger charge is -2.12. The Hall–Kier alpha value is -1.93. The summed E-state index contributed by atoms with van der Waals surface area (Å²) in [5, 5.41) is 0. The summed E-state index contributed by atoms with van der Waals surface area (Å²) >= 11 is 4.11. The smallest absolute Gasteiger partial charge is 0.226 e. The molecule has 0 aliphatic heterocycles. The molecule has 0 radical (unpaired) electrons. The molecule has 2 aromatic carbocycles. The summed E-state index contributed by atoms with van der Waals surface area (Å²) in [6, 6.07) is 18.1. The molecular weight excluding hydrogens is 450 g/mol. The van der Waals surface area contributed by atoms with Crippen LogP contribution >= 0.6 is 22.6 Å². The van der Waals surface area contributed by atoms with E-state index in [1.807, 2.05) is 75.4 Å². The summed E-state index contributed by atoms with van der Waals surface area (Å²) in [7, 11) is 2.81. The molecule has 0 fully saturated rings. The zero-order chi connectivity index (χ0) is 25.2. The molecule has 0 spiro atoms. The molecule has 0 bridgehead atoms. The largest absolute Gasteiger partial charge is 0.487 e. The van der Waals surface area contributed by atoms with Crippen molar-refractivity contribution in [2.75, 3.05) is 7.05 Å². The highest BCUT2D eigenvalue weighted by molar-refractivity contribution is 8.67. The standard InChI is InChI=1S/C19H20N2O2S2.C4H10.C2H6.CH5N/c1-13(21-25-24)15-8-10-17(11-9-15)22-12-18-14(2)23-19(20-18)16-6-4-3-5-7-16;1-4(2)3;2*1-2/h3-11,13,21,24H,12H2,1-2H3;4H,1-3H3;1-2H3;2H2,1H3. The maximum atomic E-state index is 5.85. The first-order chi connectivity index (χ1) is 15.9. The Morgan fingerprint density at radius 2 is 1.55 bits per heavy atom. The molecule has 0 saturated heterocycles. The molecule has 0 saturated carbocycles. The second-order valence-corrected chi connectivity index (χ2v) is 8.37. The van der Waals surface area contributed by atoms with Gasteiger partial charge in [0, 0.05) is 11.6 Å². The number of nitrogens with one attached hydrogen (secondary N) is 1. The van der Waals surface area contributed by atoms with Crippen LogP contribution in [0.4, 0.5) is 0 Å². The summed E-state index contributed by atoms with van der Waals surface area (Å²) in [5.74, 6) is 3.04. The number of nitrogens with two attached hydrogens (primary N) is 1. The average Bonchev–Trinajstić information content (AvgIpc) is 3.21. The third-order valence-electron chi connectivity index (χ3n) is 3.90. The predicted octanol–water partition coefficient (Wildman–Crippen LogP) is 7.64. The van der Waals surface area contributed by atoms with Crippen LogP contribution in [0.5, 0.6) is 5.75 Å². The van der Waals surface area contributed by atoms with E-state index in [0.29, 0.717) is 12.5 Å². The summed E-state index contributed by atoms with van der Waals surface area (Å²) in [6.45, 7) is 14.9. The molecule has 3 rings (SSSR count). The number of aryl methyl sites for hydroxylation is 1. The fourth-order valence-electron chi connectivity index (χ4n) is 2.42. The lowest BCUT2D eigenvalue weighted by Crippen LogP contribution is -2.08. The molecule has 33 heavy (non-hydrogen) atoms. The van der Waals surface area contributed by atoms with Gasteiger partial charge in [-0.1, -0.05) is 76.6 Å². The highest BCUT2D eigenvalue weighted by Crippen LogP contribution is 2.24. The Balaban J connectivity index is 0.00000113. The van der Waals surface area contributed by atoms with Crippen molar-refractivity contribution in [2.45, 2.75) is 61.1 Å². The summed E-state index contributed by atoms with van der Waals surface area (Å²) in [5.41, 5.74) is 7.45. The van der Waals surface area contributed by atoms with Gasteiger partial charge in [0.2, 0.25) is 5.89 Å². The summed E-state index contributed by atoms with van der Waals surface area (Å²) in [4.78, 5) is 4.55. The summed E-state index contributed by atoms with van der Waals surface area (Å²) in [6.07, 6.45) is 0. The van der Waals surface area contributed by atoms with Gasteiger partial charge < -0.3 is 14.9 Å². The number of oxazole rings is 1. The number of benzene rings is 2. The van der Waals surface area contributed by atoms with Gasteiger partial charge in [-0.3, -0.25) is 0 Å². The minimum absolute atomic E-state index is 0.225. The fourth-order valence-corrected chi connectivity index (χ4v) is 3.19. The molecule has 0 amide bonds. The quantitative estimate of drug-likeness (QED) is 0.179. The maximum absolute atomic E-state index is 5.85. The fraction of sp³-hybridized carbons (Fsp3) is 0.423. The minimum atomic E-state index is 0.225. The second-order valence-electron chi connectivity index (χ2n) is 7.41. The van der Waals surface area contributed by atoms with Gasteiger partial charge >= 0.3 is 0 Å². The molecule has 5 nitrogen and oxygen atoms in total. The number of rotatable bonds is 7. The number of hydrogen-bond donors (Lipinski definition) is 3. The van der Waals surface area contributed by atoms with E-state index in [2.05, 4.69) is 54.8 Å². The Kier molecular flexibility index (Phi) is 17.4. The van der Waals surface area contributed by atoms with Crippen molar-refractivity contribution < 1.29 is 9.15 Å². The van der Waals surface area contributed by atoms with E-state index in [1.54, 1.807) is 0 Å². The zero-order valence-corrected chi connectivity index (χ0v) is 23.0. The van der Waals surface area contributed by atoms with Gasteiger partial charge in [0.05, 0.1) is 0 Å². The number of ether oxygens (including phenoxy) is 1. The van der Waals surface area contributed by atoms with E-state index in [1.165, 1.54) is 23.6 Å². The first-order valence-corrected chi connectivity index (χ1v) is 13.2. The zero-order valence-electron chi connectivity index (χ0n) is 21.3. The van der Waals surface area contributed by atoms with Crippen molar-refractivity contribution in [3.63, 3.8) is 0 Å². The van der Waals surface area contributed by atoms with Crippen molar-refractivity contribution in [2.24, 2.45) is 11.7 Å². The highest BCUT2D eigenvalue weighted by atomic mass is 33.1. The molecule has 1 unspecified atom stereocenters. The van der Waals surface area contributed by atoms with Gasteiger partial charge in [-0.15, -0.1) is 0 Å². The van der Waals surface area contributed by atoms with Crippen LogP contribution in [-0.4, -0.2) is 12.0 Å². The average molecular weight is 492 g/mol. The highest BCUT2D eigenvalue weighted by Gasteiger charge is 2.12. The van der Waals surface area contributed by atoms with Gasteiger partial charge in [0.25, 0.3) is 0 Å². The first kappa shape index (κ1) is 31.1. The first-order valence-electron chi connectivity index (χ1n) is 11.3. The van der Waals surface area contributed by atoms with Crippen molar-refractivity contribution in [3.8, 4) is 17.2 Å². The number of thiol groups is 1. The van der Waals surface area contributed by atoms with Crippen LogP contribution < -0.4 is 15.2 Å². The number of aromatic nitrogens is 1. The van der Waals surface area contributed by atoms with Crippen molar-refractivity contribution in [1.82, 2.24) is 9.71 Å². The lowest BCUT2D eigenvalue weighted by molar-refractivity contribution is 0.299. The van der Waals surface area contributed by atoms with Crippen LogP contribution in [-0.2, 0) is 6.61 Å². The normalized spacial score (nSPS) is 10.6. The Labute approximate surface area is 209 Å². The molecular formula is C26H41N3O2S2. The van der Waals surface area contributed by atoms with E-state index in [9.17, 15) is 0 Å². The Morgan fingerprint density at radius 1 is 1.00 bits per heavy atom. The minimum Gasteiger partial charge on any atom is -0.487 e. The molecule has 3 N–H and O–H groups in total. The van der Waals surface area contributed by atoms with Crippen LogP contribution in [0.25, 0.3) is 11.5 Å². The van der Waals surface area contributed by atoms with Crippen LogP contribution in [0.1, 0.15) is 64.6 Å². The number of hydrogen-bond acceptors (Lipinski definition) is 7. The third kappa shape index (κ3) is 12.2. The van der Waals surface area contributed by atoms with Gasteiger partial charge in [0.15, 0.2) is 0 Å². The molecule has 3 aromatic rings. The topological polar surface area (TPSA) is 73.3 Å². The van der Waals surface area contributed by atoms with Gasteiger partial charge in [-0.2, -0.15) is 0 Å². The molecule has 184 valence electrons. The van der Waals surface area contributed by atoms with Crippen LogP contribution in [0, 0.1) is 12.8 Å². The molecule has 1 heterocycles. The van der Waals surface area contributed by atoms with E-state index < -0.39 is 0 Å². The van der Waals surface area contributed by atoms with Crippen molar-refractivity contribution in [1.29, 1.82) is 0 Å². The molecule has 1 atom stereocenters. The Morgan fingerprint density at radius 3 is 2.06 bits per heavy atom. The van der Waals surface area contributed by atoms with Gasteiger partial charge in [0.1, 0.15) is 23.8 Å². The van der Waals surface area contributed by atoms with E-state index in [4.69, 9.17) is 9.15 Å². The lowest BCUT2D eigenvalue weighted by atomic mass is 10.1. The second kappa shape index (κ2) is 18.5. The van der Waals surface area contributed by atoms with Crippen molar-refractivity contribution in [3.05, 3.63) is 71.6 Å². The molecule has 0 aliphatic rings. The van der Waals surface area contributed by atoms with Gasteiger partial charge in [-0.25, -0.2) is 9.71 Å². The predicted molar refractivity (Wildman–Crippen MR) is 148 cm³/mol. The van der Waals surface area contributed by atoms with Crippen LogP contribution in [0.3, 0.4) is 0 Å². The monoisotopic (exact) mass is 491 g/mol. The molecule has 0 aliphatic carbocycles. The van der Waals surface area contributed by atoms with E-state index >= 15 is 0 Å². The van der Waals surface area contributed by atoms with E-state index in [0.717, 1.165) is 28.7 Å². The Bertz CT molecular complexity index is 851. The SMILES string of the molecule is CC.CC(C)C.CN.Cc1oc(-c2ccccc2)nc1COc1ccc(C(C)NSS)cc1. The van der Waals surface area contributed by atoms with Crippen LogP contribution in [0.15, 0.2) is 59.0 Å².